The van der Waals surface area contributed by atoms with Crippen molar-refractivity contribution >= 4 is 16.8 Å². The predicted octanol–water partition coefficient (Wildman–Crippen LogP) is 5.47. The molecular weight excluding hydrogens is 438 g/mol. The second-order valence-corrected chi connectivity index (χ2v) is 7.39. The van der Waals surface area contributed by atoms with Gasteiger partial charge in [0, 0.05) is 24.0 Å². The van der Waals surface area contributed by atoms with Crippen molar-refractivity contribution in [1.82, 2.24) is 10.3 Å². The minimum Gasteiger partial charge on any atom is -0.375 e. The van der Waals surface area contributed by atoms with Gasteiger partial charge in [-0.2, -0.15) is 26.3 Å². The van der Waals surface area contributed by atoms with Crippen molar-refractivity contribution in [3.63, 3.8) is 0 Å². The van der Waals surface area contributed by atoms with Crippen LogP contribution in [0.5, 0.6) is 0 Å². The monoisotopic (exact) mass is 458 g/mol. The highest BCUT2D eigenvalue weighted by Crippen LogP contribution is 2.36. The summed E-state index contributed by atoms with van der Waals surface area (Å²) < 4.78 is 83.5. The lowest BCUT2D eigenvalue weighted by molar-refractivity contribution is -0.143. The number of hydrogen-bond acceptors (Lipinski definition) is 2. The number of fused-ring (bicyclic) bond motifs is 1. The van der Waals surface area contributed by atoms with Crippen LogP contribution in [-0.2, 0) is 34.9 Å². The van der Waals surface area contributed by atoms with E-state index < -0.39 is 36.1 Å². The van der Waals surface area contributed by atoms with Gasteiger partial charge in [0.1, 0.15) is 0 Å². The maximum absolute atomic E-state index is 13.0. The summed E-state index contributed by atoms with van der Waals surface area (Å²) in [4.78, 5) is 14.7. The predicted molar refractivity (Wildman–Crippen MR) is 106 cm³/mol. The first kappa shape index (κ1) is 23.6. The zero-order valence-corrected chi connectivity index (χ0v) is 16.9. The van der Waals surface area contributed by atoms with Crippen LogP contribution in [0.15, 0.2) is 48.7 Å². The van der Waals surface area contributed by atoms with Crippen molar-refractivity contribution in [2.45, 2.75) is 38.3 Å². The Balaban J connectivity index is 1.73. The highest BCUT2D eigenvalue weighted by Gasteiger charge is 2.36. The molecule has 1 amide bonds. The Labute approximate surface area is 179 Å². The van der Waals surface area contributed by atoms with E-state index in [1.54, 1.807) is 6.20 Å². The summed E-state index contributed by atoms with van der Waals surface area (Å²) in [7, 11) is 0. The molecule has 0 bridgehead atoms. The molecule has 1 heterocycles. The highest BCUT2D eigenvalue weighted by molar-refractivity contribution is 5.83. The van der Waals surface area contributed by atoms with Crippen molar-refractivity contribution in [2.24, 2.45) is 0 Å². The molecule has 0 aliphatic heterocycles. The fourth-order valence-electron chi connectivity index (χ4n) is 3.43. The average molecular weight is 458 g/mol. The van der Waals surface area contributed by atoms with E-state index in [-0.39, 0.29) is 24.1 Å². The number of H-pyrrole nitrogens is 1. The van der Waals surface area contributed by atoms with Crippen molar-refractivity contribution in [3.05, 3.63) is 70.9 Å². The third-order valence-corrected chi connectivity index (χ3v) is 4.78. The van der Waals surface area contributed by atoms with Gasteiger partial charge in [0.2, 0.25) is 5.91 Å². The molecule has 32 heavy (non-hydrogen) atoms. The van der Waals surface area contributed by atoms with E-state index in [0.717, 1.165) is 16.5 Å². The Bertz CT molecular complexity index is 1060. The zero-order valence-electron chi connectivity index (χ0n) is 16.9. The van der Waals surface area contributed by atoms with Gasteiger partial charge in [-0.25, -0.2) is 0 Å². The Morgan fingerprint density at radius 1 is 1.03 bits per heavy atom. The largest absolute Gasteiger partial charge is 0.416 e. The van der Waals surface area contributed by atoms with Gasteiger partial charge < -0.3 is 15.0 Å². The Morgan fingerprint density at radius 2 is 1.66 bits per heavy atom. The van der Waals surface area contributed by atoms with Crippen LogP contribution < -0.4 is 5.32 Å². The summed E-state index contributed by atoms with van der Waals surface area (Å²) in [5.41, 5.74) is -1.28. The first-order valence-electron chi connectivity index (χ1n) is 9.61. The van der Waals surface area contributed by atoms with Crippen LogP contribution in [0.4, 0.5) is 26.3 Å². The molecule has 0 fully saturated rings. The molecule has 4 nitrogen and oxygen atoms in total. The van der Waals surface area contributed by atoms with Crippen LogP contribution in [0.2, 0.25) is 0 Å². The Kier molecular flexibility index (Phi) is 6.82. The third kappa shape index (κ3) is 6.03. The molecule has 0 spiro atoms. The molecule has 3 aromatic rings. The number of alkyl halides is 6. The number of nitrogens with one attached hydrogen (secondary N) is 2. The van der Waals surface area contributed by atoms with Gasteiger partial charge in [-0.3, -0.25) is 4.79 Å². The lowest BCUT2D eigenvalue weighted by atomic mass is 10.0. The van der Waals surface area contributed by atoms with Crippen LogP contribution in [0.3, 0.4) is 0 Å². The molecule has 0 aliphatic carbocycles. The molecule has 1 aromatic heterocycles. The molecular formula is C22H20F6N2O2. The summed E-state index contributed by atoms with van der Waals surface area (Å²) in [5, 5.41) is 3.64. The first-order chi connectivity index (χ1) is 14.9. The van der Waals surface area contributed by atoms with Crippen LogP contribution >= 0.6 is 0 Å². The number of benzene rings is 2. The maximum atomic E-state index is 13.0. The number of halogens is 6. The normalized spacial score (nSPS) is 13.3. The van der Waals surface area contributed by atoms with Gasteiger partial charge in [-0.15, -0.1) is 0 Å². The van der Waals surface area contributed by atoms with E-state index in [1.165, 1.54) is 6.92 Å². The van der Waals surface area contributed by atoms with E-state index in [4.69, 9.17) is 4.74 Å². The molecule has 0 radical (unpaired) electrons. The summed E-state index contributed by atoms with van der Waals surface area (Å²) in [6, 6.07) is 8.30. The van der Waals surface area contributed by atoms with Crippen molar-refractivity contribution in [1.29, 1.82) is 0 Å². The molecule has 0 aliphatic rings. The van der Waals surface area contributed by atoms with E-state index in [0.29, 0.717) is 18.6 Å². The quantitative estimate of drug-likeness (QED) is 0.462. The number of aromatic nitrogens is 1. The minimum atomic E-state index is -4.93. The van der Waals surface area contributed by atoms with Crippen LogP contribution in [-0.4, -0.2) is 23.5 Å². The number of amides is 1. The van der Waals surface area contributed by atoms with Crippen LogP contribution in [0, 0.1) is 0 Å². The van der Waals surface area contributed by atoms with Crippen LogP contribution in [0.25, 0.3) is 10.9 Å². The number of para-hydroxylation sites is 1. The lowest BCUT2D eigenvalue weighted by Gasteiger charge is -2.19. The molecule has 0 saturated carbocycles. The molecule has 172 valence electrons. The highest BCUT2D eigenvalue weighted by atomic mass is 19.4. The number of carbonyl (C=O) groups excluding carboxylic acids is 1. The topological polar surface area (TPSA) is 54.1 Å². The van der Waals surface area contributed by atoms with Gasteiger partial charge in [0.15, 0.2) is 0 Å². The zero-order chi connectivity index (χ0) is 23.5. The van der Waals surface area contributed by atoms with Crippen molar-refractivity contribution < 1.29 is 35.9 Å². The van der Waals surface area contributed by atoms with E-state index >= 15 is 0 Å². The molecule has 10 heteroatoms. The average Bonchev–Trinajstić information content (AvgIpc) is 3.09. The fourth-order valence-corrected chi connectivity index (χ4v) is 3.43. The second-order valence-electron chi connectivity index (χ2n) is 7.39. The van der Waals surface area contributed by atoms with Crippen LogP contribution in [0.1, 0.15) is 29.2 Å². The summed E-state index contributed by atoms with van der Waals surface area (Å²) in [5.74, 6) is -0.336. The van der Waals surface area contributed by atoms with Gasteiger partial charge in [0.25, 0.3) is 0 Å². The standard InChI is InChI=1S/C22H20F6N2O2/c1-13(31)30-18(8-15-10-29-20-5-3-2-4-19(15)20)12-32-11-14-6-16(21(23,24)25)9-17(7-14)22(26,27)28/h2-7,9-10,18,29H,8,11-12H2,1H3,(H,30,31)/t18-/m0/s1. The fraction of sp³-hybridized carbons (Fsp3) is 0.318. The molecule has 1 atom stereocenters. The first-order valence-corrected chi connectivity index (χ1v) is 9.61. The number of rotatable bonds is 7. The Hall–Kier alpha value is -3.01. The van der Waals surface area contributed by atoms with E-state index in [2.05, 4.69) is 10.3 Å². The van der Waals surface area contributed by atoms with Crippen molar-refractivity contribution in [3.8, 4) is 0 Å². The number of aromatic amines is 1. The lowest BCUT2D eigenvalue weighted by Crippen LogP contribution is -2.38. The second kappa shape index (κ2) is 9.23. The van der Waals surface area contributed by atoms with E-state index in [9.17, 15) is 31.1 Å². The third-order valence-electron chi connectivity index (χ3n) is 4.78. The number of carbonyl (C=O) groups is 1. The van der Waals surface area contributed by atoms with E-state index in [1.807, 2.05) is 24.3 Å². The van der Waals surface area contributed by atoms with Gasteiger partial charge in [-0.1, -0.05) is 18.2 Å². The smallest absolute Gasteiger partial charge is 0.375 e. The summed E-state index contributed by atoms with van der Waals surface area (Å²) >= 11 is 0. The minimum absolute atomic E-state index is 0.0701. The Morgan fingerprint density at radius 3 is 2.25 bits per heavy atom. The molecule has 3 rings (SSSR count). The molecule has 2 N–H and O–H groups in total. The maximum Gasteiger partial charge on any atom is 0.416 e. The molecule has 0 saturated heterocycles. The van der Waals surface area contributed by atoms with Gasteiger partial charge in [0.05, 0.1) is 30.4 Å². The SMILES string of the molecule is CC(=O)N[C@H](COCc1cc(C(F)(F)F)cc(C(F)(F)F)c1)Cc1c[nH]c2ccccc12. The molecule has 2 aromatic carbocycles. The number of ether oxygens (including phenoxy) is 1. The molecule has 0 unspecified atom stereocenters. The van der Waals surface area contributed by atoms with Gasteiger partial charge >= 0.3 is 12.4 Å². The van der Waals surface area contributed by atoms with Crippen molar-refractivity contribution in [2.75, 3.05) is 6.61 Å². The number of hydrogen-bond donors (Lipinski definition) is 2. The summed E-state index contributed by atoms with van der Waals surface area (Å²) in [6.45, 7) is 0.734. The van der Waals surface area contributed by atoms with Gasteiger partial charge in [-0.05, 0) is 41.8 Å². The summed E-state index contributed by atoms with van der Waals surface area (Å²) in [6.07, 6.45) is -7.71.